The second kappa shape index (κ2) is 5.58. The van der Waals surface area contributed by atoms with Gasteiger partial charge in [-0.3, -0.25) is 4.79 Å². The van der Waals surface area contributed by atoms with Gasteiger partial charge in [0.15, 0.2) is 5.82 Å². The van der Waals surface area contributed by atoms with Crippen LogP contribution in [0.2, 0.25) is 0 Å². The van der Waals surface area contributed by atoms with Crippen LogP contribution in [-0.4, -0.2) is 15.9 Å². The summed E-state index contributed by atoms with van der Waals surface area (Å²) in [5.74, 6) is -0.835. The number of carbonyl (C=O) groups is 1. The maximum absolute atomic E-state index is 13.8. The first-order valence-electron chi connectivity index (χ1n) is 6.40. The Morgan fingerprint density at radius 2 is 1.90 bits per heavy atom. The first-order valence-corrected chi connectivity index (χ1v) is 6.40. The van der Waals surface area contributed by atoms with Crippen LogP contribution in [0.25, 0.3) is 11.1 Å². The van der Waals surface area contributed by atoms with E-state index in [0.717, 1.165) is 11.1 Å². The summed E-state index contributed by atoms with van der Waals surface area (Å²) in [4.78, 5) is 18.4. The van der Waals surface area contributed by atoms with E-state index in [1.165, 1.54) is 18.5 Å². The fourth-order valence-corrected chi connectivity index (χ4v) is 2.00. The van der Waals surface area contributed by atoms with Crippen molar-refractivity contribution in [3.63, 3.8) is 0 Å². The third kappa shape index (κ3) is 2.81. The van der Waals surface area contributed by atoms with Crippen LogP contribution in [-0.2, 0) is 0 Å². The molecular formula is C16H12FN3O. The van der Waals surface area contributed by atoms with Crippen molar-refractivity contribution >= 4 is 11.6 Å². The third-order valence-electron chi connectivity index (χ3n) is 3.03. The van der Waals surface area contributed by atoms with E-state index in [1.54, 1.807) is 12.1 Å². The topological polar surface area (TPSA) is 57.8 Å². The zero-order valence-corrected chi connectivity index (χ0v) is 11.0. The lowest BCUT2D eigenvalue weighted by molar-refractivity contribution is 0.101. The molecule has 0 aliphatic rings. The van der Waals surface area contributed by atoms with Gasteiger partial charge >= 0.3 is 0 Å². The molecule has 3 rings (SSSR count). The Labute approximate surface area is 120 Å². The van der Waals surface area contributed by atoms with E-state index in [4.69, 9.17) is 0 Å². The lowest BCUT2D eigenvalue weighted by atomic mass is 10.1. The molecule has 3 aromatic rings. The van der Waals surface area contributed by atoms with Crippen LogP contribution in [0.15, 0.2) is 60.9 Å². The number of hydrogen-bond donors (Lipinski definition) is 2. The number of benzene rings is 2. The number of imidazole rings is 1. The Kier molecular flexibility index (Phi) is 3.47. The van der Waals surface area contributed by atoms with Crippen LogP contribution in [0.1, 0.15) is 10.6 Å². The van der Waals surface area contributed by atoms with E-state index >= 15 is 0 Å². The van der Waals surface area contributed by atoms with Gasteiger partial charge in [-0.1, -0.05) is 36.4 Å². The molecule has 0 atom stereocenters. The van der Waals surface area contributed by atoms with Gasteiger partial charge in [0.1, 0.15) is 5.82 Å². The standard InChI is InChI=1S/C16H12FN3O/c17-13-7-6-12(11-4-2-1-3-5-11)10-14(13)20-16(21)15-18-8-9-19-15/h1-10H,(H,18,19)(H,20,21). The largest absolute Gasteiger partial charge is 0.341 e. The van der Waals surface area contributed by atoms with Gasteiger partial charge < -0.3 is 10.3 Å². The molecule has 2 aromatic carbocycles. The van der Waals surface area contributed by atoms with Gasteiger partial charge in [-0.2, -0.15) is 0 Å². The van der Waals surface area contributed by atoms with Crippen molar-refractivity contribution in [2.45, 2.75) is 0 Å². The minimum Gasteiger partial charge on any atom is -0.341 e. The maximum atomic E-state index is 13.8. The number of halogens is 1. The SMILES string of the molecule is O=C(Nc1cc(-c2ccccc2)ccc1F)c1ncc[nH]1. The van der Waals surface area contributed by atoms with E-state index in [1.807, 2.05) is 30.3 Å². The maximum Gasteiger partial charge on any atom is 0.291 e. The van der Waals surface area contributed by atoms with Gasteiger partial charge in [0.25, 0.3) is 5.91 Å². The van der Waals surface area contributed by atoms with Crippen molar-refractivity contribution in [2.24, 2.45) is 0 Å². The minimum absolute atomic E-state index is 0.123. The number of aromatic amines is 1. The molecule has 0 fully saturated rings. The zero-order chi connectivity index (χ0) is 14.7. The highest BCUT2D eigenvalue weighted by atomic mass is 19.1. The predicted octanol–water partition coefficient (Wildman–Crippen LogP) is 3.47. The van der Waals surface area contributed by atoms with E-state index in [0.29, 0.717) is 0 Å². The predicted molar refractivity (Wildman–Crippen MR) is 78.4 cm³/mol. The average Bonchev–Trinajstić information content (AvgIpc) is 3.05. The van der Waals surface area contributed by atoms with Gasteiger partial charge in [-0.05, 0) is 23.3 Å². The molecule has 21 heavy (non-hydrogen) atoms. The lowest BCUT2D eigenvalue weighted by Gasteiger charge is -2.08. The molecule has 0 aliphatic carbocycles. The van der Waals surface area contributed by atoms with Crippen molar-refractivity contribution < 1.29 is 9.18 Å². The molecule has 0 bridgehead atoms. The Balaban J connectivity index is 1.90. The van der Waals surface area contributed by atoms with E-state index < -0.39 is 11.7 Å². The Morgan fingerprint density at radius 3 is 2.62 bits per heavy atom. The molecule has 0 saturated carbocycles. The van der Waals surface area contributed by atoms with Crippen LogP contribution in [0.4, 0.5) is 10.1 Å². The summed E-state index contributed by atoms with van der Waals surface area (Å²) in [5.41, 5.74) is 1.90. The number of H-pyrrole nitrogens is 1. The highest BCUT2D eigenvalue weighted by Crippen LogP contribution is 2.25. The molecule has 2 N–H and O–H groups in total. The van der Waals surface area contributed by atoms with Crippen molar-refractivity contribution in [2.75, 3.05) is 5.32 Å². The summed E-state index contributed by atoms with van der Waals surface area (Å²) in [6, 6.07) is 14.2. The summed E-state index contributed by atoms with van der Waals surface area (Å²) >= 11 is 0. The van der Waals surface area contributed by atoms with Crippen LogP contribution in [0.3, 0.4) is 0 Å². The van der Waals surface area contributed by atoms with Crippen molar-refractivity contribution in [3.8, 4) is 11.1 Å². The number of carbonyl (C=O) groups excluding carboxylic acids is 1. The second-order valence-corrected chi connectivity index (χ2v) is 4.45. The lowest BCUT2D eigenvalue weighted by Crippen LogP contribution is -2.14. The minimum atomic E-state index is -0.491. The van der Waals surface area contributed by atoms with Gasteiger partial charge in [0.2, 0.25) is 0 Å². The van der Waals surface area contributed by atoms with Gasteiger partial charge in [-0.25, -0.2) is 9.37 Å². The summed E-state index contributed by atoms with van der Waals surface area (Å²) < 4.78 is 13.8. The number of hydrogen-bond acceptors (Lipinski definition) is 2. The molecule has 1 heterocycles. The average molecular weight is 281 g/mol. The molecule has 104 valence electrons. The molecule has 0 radical (unpaired) electrons. The van der Waals surface area contributed by atoms with Crippen LogP contribution in [0, 0.1) is 5.82 Å². The van der Waals surface area contributed by atoms with Crippen molar-refractivity contribution in [3.05, 3.63) is 72.6 Å². The number of nitrogens with zero attached hydrogens (tertiary/aromatic N) is 1. The van der Waals surface area contributed by atoms with Crippen LogP contribution < -0.4 is 5.32 Å². The fourth-order valence-electron chi connectivity index (χ4n) is 2.00. The Bertz CT molecular complexity index is 754. The number of anilines is 1. The van der Waals surface area contributed by atoms with E-state index in [-0.39, 0.29) is 11.5 Å². The molecule has 1 aromatic heterocycles. The molecule has 0 spiro atoms. The first kappa shape index (κ1) is 13.1. The normalized spacial score (nSPS) is 10.3. The number of amides is 1. The summed E-state index contributed by atoms with van der Waals surface area (Å²) in [6.07, 6.45) is 3.00. The first-order chi connectivity index (χ1) is 10.2. The molecule has 5 heteroatoms. The second-order valence-electron chi connectivity index (χ2n) is 4.45. The third-order valence-corrected chi connectivity index (χ3v) is 3.03. The summed E-state index contributed by atoms with van der Waals surface area (Å²) in [5, 5.41) is 2.52. The highest BCUT2D eigenvalue weighted by molar-refractivity contribution is 6.01. The summed E-state index contributed by atoms with van der Waals surface area (Å²) in [7, 11) is 0. The number of nitrogens with one attached hydrogen (secondary N) is 2. The van der Waals surface area contributed by atoms with Gasteiger partial charge in [0.05, 0.1) is 5.69 Å². The van der Waals surface area contributed by atoms with Crippen molar-refractivity contribution in [1.82, 2.24) is 9.97 Å². The van der Waals surface area contributed by atoms with Crippen molar-refractivity contribution in [1.29, 1.82) is 0 Å². The monoisotopic (exact) mass is 281 g/mol. The van der Waals surface area contributed by atoms with Crippen LogP contribution in [0.5, 0.6) is 0 Å². The molecular weight excluding hydrogens is 269 g/mol. The van der Waals surface area contributed by atoms with Gasteiger partial charge in [0, 0.05) is 12.4 Å². The highest BCUT2D eigenvalue weighted by Gasteiger charge is 2.12. The number of aromatic nitrogens is 2. The van der Waals surface area contributed by atoms with E-state index in [9.17, 15) is 9.18 Å². The quantitative estimate of drug-likeness (QED) is 0.772. The molecule has 4 nitrogen and oxygen atoms in total. The zero-order valence-electron chi connectivity index (χ0n) is 11.0. The van der Waals surface area contributed by atoms with Gasteiger partial charge in [-0.15, -0.1) is 0 Å². The smallest absolute Gasteiger partial charge is 0.291 e. The molecule has 0 aliphatic heterocycles. The fraction of sp³-hybridized carbons (Fsp3) is 0. The molecule has 1 amide bonds. The molecule has 0 unspecified atom stereocenters. The Hall–Kier alpha value is -2.95. The molecule has 0 saturated heterocycles. The number of rotatable bonds is 3. The Morgan fingerprint density at radius 1 is 1.10 bits per heavy atom. The van der Waals surface area contributed by atoms with Crippen LogP contribution >= 0.6 is 0 Å². The van der Waals surface area contributed by atoms with E-state index in [2.05, 4.69) is 15.3 Å². The summed E-state index contributed by atoms with van der Waals surface area (Å²) in [6.45, 7) is 0.